The lowest BCUT2D eigenvalue weighted by Gasteiger charge is -2.33. The van der Waals surface area contributed by atoms with Gasteiger partial charge in [-0.25, -0.2) is 0 Å². The van der Waals surface area contributed by atoms with E-state index in [1.807, 2.05) is 17.8 Å². The molecule has 1 saturated heterocycles. The van der Waals surface area contributed by atoms with Crippen LogP contribution in [0.5, 0.6) is 0 Å². The van der Waals surface area contributed by atoms with Crippen LogP contribution < -0.4 is 0 Å². The molecule has 0 unspecified atom stereocenters. The molecule has 20 heavy (non-hydrogen) atoms. The van der Waals surface area contributed by atoms with Crippen molar-refractivity contribution in [3.63, 3.8) is 0 Å². The summed E-state index contributed by atoms with van der Waals surface area (Å²) in [4.78, 5) is 17.9. The molecule has 1 aromatic heterocycles. The van der Waals surface area contributed by atoms with Crippen molar-refractivity contribution >= 4 is 28.9 Å². The Bertz CT molecular complexity index is 425. The highest BCUT2D eigenvalue weighted by atomic mass is 32.2. The first-order valence-corrected chi connectivity index (χ1v) is 9.23. The number of hydrogen-bond acceptors (Lipinski definition) is 5. The van der Waals surface area contributed by atoms with E-state index in [0.717, 1.165) is 43.4 Å². The van der Waals surface area contributed by atoms with Crippen LogP contribution in [0.2, 0.25) is 0 Å². The Morgan fingerprint density at radius 2 is 1.90 bits per heavy atom. The second-order valence-electron chi connectivity index (χ2n) is 5.10. The average molecular weight is 313 g/mol. The molecule has 1 aromatic rings. The van der Waals surface area contributed by atoms with Gasteiger partial charge < -0.3 is 4.90 Å². The van der Waals surface area contributed by atoms with Crippen molar-refractivity contribution in [2.24, 2.45) is 0 Å². The van der Waals surface area contributed by atoms with E-state index >= 15 is 0 Å². The van der Waals surface area contributed by atoms with Crippen LogP contribution in [-0.2, 0) is 0 Å². The highest BCUT2D eigenvalue weighted by Crippen LogP contribution is 2.28. The fourth-order valence-electron chi connectivity index (χ4n) is 2.29. The molecule has 0 aliphatic carbocycles. The van der Waals surface area contributed by atoms with Crippen molar-refractivity contribution in [2.75, 3.05) is 45.0 Å². The molecule has 0 bridgehead atoms. The standard InChI is InChI=1S/C15H24N2OS2/c1-3-11-19-15-6-5-14(20-15)13(18)12-17-9-7-16(4-2)8-10-17/h5-6H,3-4,7-12H2,1-2H3. The lowest BCUT2D eigenvalue weighted by Crippen LogP contribution is -2.47. The van der Waals surface area contributed by atoms with E-state index in [9.17, 15) is 4.79 Å². The Balaban J connectivity index is 1.81. The molecule has 1 aliphatic heterocycles. The molecule has 2 heterocycles. The third-order valence-corrected chi connectivity index (χ3v) is 6.14. The number of carbonyl (C=O) groups is 1. The van der Waals surface area contributed by atoms with Crippen LogP contribution in [0.15, 0.2) is 16.3 Å². The molecule has 0 amide bonds. The number of carbonyl (C=O) groups excluding carboxylic acids is 1. The van der Waals surface area contributed by atoms with Crippen molar-refractivity contribution in [1.82, 2.24) is 9.80 Å². The summed E-state index contributed by atoms with van der Waals surface area (Å²) in [6.45, 7) is 10.3. The smallest absolute Gasteiger partial charge is 0.186 e. The molecule has 0 saturated carbocycles. The van der Waals surface area contributed by atoms with Gasteiger partial charge in [-0.05, 0) is 30.9 Å². The van der Waals surface area contributed by atoms with Gasteiger partial charge in [0.2, 0.25) is 0 Å². The van der Waals surface area contributed by atoms with Crippen LogP contribution in [-0.4, -0.2) is 60.6 Å². The normalized spacial score (nSPS) is 17.5. The Morgan fingerprint density at radius 1 is 1.20 bits per heavy atom. The van der Waals surface area contributed by atoms with Crippen LogP contribution in [0.1, 0.15) is 29.9 Å². The molecular weight excluding hydrogens is 288 g/mol. The molecule has 0 spiro atoms. The lowest BCUT2D eigenvalue weighted by atomic mass is 10.2. The summed E-state index contributed by atoms with van der Waals surface area (Å²) >= 11 is 3.50. The van der Waals surface area contributed by atoms with Gasteiger partial charge in [0.05, 0.1) is 15.6 Å². The topological polar surface area (TPSA) is 23.6 Å². The Labute approximate surface area is 130 Å². The molecule has 3 nitrogen and oxygen atoms in total. The minimum atomic E-state index is 0.281. The fourth-order valence-corrected chi connectivity index (χ4v) is 4.29. The average Bonchev–Trinajstić information content (AvgIpc) is 2.95. The van der Waals surface area contributed by atoms with Crippen molar-refractivity contribution < 1.29 is 4.79 Å². The molecule has 0 atom stereocenters. The number of thioether (sulfide) groups is 1. The number of ketones is 1. The summed E-state index contributed by atoms with van der Waals surface area (Å²) < 4.78 is 1.27. The molecule has 1 fully saturated rings. The van der Waals surface area contributed by atoms with Crippen LogP contribution in [0.25, 0.3) is 0 Å². The maximum absolute atomic E-state index is 12.3. The second kappa shape index (κ2) is 8.17. The minimum absolute atomic E-state index is 0.281. The molecule has 5 heteroatoms. The van der Waals surface area contributed by atoms with Gasteiger partial charge >= 0.3 is 0 Å². The summed E-state index contributed by atoms with van der Waals surface area (Å²) in [5, 5.41) is 0. The fraction of sp³-hybridized carbons (Fsp3) is 0.667. The zero-order chi connectivity index (χ0) is 14.4. The van der Waals surface area contributed by atoms with E-state index in [2.05, 4.69) is 29.7 Å². The molecule has 2 rings (SSSR count). The third-order valence-electron chi connectivity index (χ3n) is 3.58. The zero-order valence-corrected chi connectivity index (χ0v) is 14.1. The van der Waals surface area contributed by atoms with Crippen LogP contribution in [0.3, 0.4) is 0 Å². The first-order chi connectivity index (χ1) is 9.72. The van der Waals surface area contributed by atoms with E-state index in [0.29, 0.717) is 6.54 Å². The number of Topliss-reactive ketones (excluding diaryl/α,β-unsaturated/α-hetero) is 1. The monoisotopic (exact) mass is 312 g/mol. The number of hydrogen-bond donors (Lipinski definition) is 0. The van der Waals surface area contributed by atoms with E-state index in [4.69, 9.17) is 0 Å². The van der Waals surface area contributed by atoms with Gasteiger partial charge in [-0.3, -0.25) is 9.69 Å². The second-order valence-corrected chi connectivity index (χ2v) is 7.58. The highest BCUT2D eigenvalue weighted by molar-refractivity contribution is 8.01. The summed E-state index contributed by atoms with van der Waals surface area (Å²) in [5.41, 5.74) is 0. The number of rotatable bonds is 7. The molecule has 0 radical (unpaired) electrons. The molecule has 0 N–H and O–H groups in total. The third kappa shape index (κ3) is 4.58. The Morgan fingerprint density at radius 3 is 2.55 bits per heavy atom. The van der Waals surface area contributed by atoms with Crippen molar-refractivity contribution in [2.45, 2.75) is 24.5 Å². The van der Waals surface area contributed by atoms with Crippen molar-refractivity contribution in [3.05, 3.63) is 17.0 Å². The van der Waals surface area contributed by atoms with E-state index in [1.54, 1.807) is 11.3 Å². The van der Waals surface area contributed by atoms with Crippen LogP contribution in [0.4, 0.5) is 0 Å². The first kappa shape index (κ1) is 16.0. The number of likely N-dealkylation sites (N-methyl/N-ethyl adjacent to an activating group) is 1. The Kier molecular flexibility index (Phi) is 6.55. The van der Waals surface area contributed by atoms with Gasteiger partial charge in [0.15, 0.2) is 5.78 Å². The van der Waals surface area contributed by atoms with Gasteiger partial charge in [-0.2, -0.15) is 0 Å². The van der Waals surface area contributed by atoms with Gasteiger partial charge in [0, 0.05) is 26.2 Å². The summed E-state index contributed by atoms with van der Waals surface area (Å²) in [6.07, 6.45) is 1.17. The van der Waals surface area contributed by atoms with E-state index in [1.165, 1.54) is 10.6 Å². The first-order valence-electron chi connectivity index (χ1n) is 7.43. The molecular formula is C15H24N2OS2. The maximum atomic E-state index is 12.3. The predicted octanol–water partition coefficient (Wildman–Crippen LogP) is 3.07. The van der Waals surface area contributed by atoms with Crippen molar-refractivity contribution in [1.29, 1.82) is 0 Å². The maximum Gasteiger partial charge on any atom is 0.186 e. The lowest BCUT2D eigenvalue weighted by molar-refractivity contribution is 0.0863. The van der Waals surface area contributed by atoms with E-state index < -0.39 is 0 Å². The number of piperazine rings is 1. The predicted molar refractivity (Wildman–Crippen MR) is 88.2 cm³/mol. The van der Waals surface area contributed by atoms with Crippen molar-refractivity contribution in [3.8, 4) is 0 Å². The summed E-state index contributed by atoms with van der Waals surface area (Å²) in [7, 11) is 0. The molecule has 0 aromatic carbocycles. The highest BCUT2D eigenvalue weighted by Gasteiger charge is 2.19. The number of thiophene rings is 1. The zero-order valence-electron chi connectivity index (χ0n) is 12.4. The van der Waals surface area contributed by atoms with E-state index in [-0.39, 0.29) is 5.78 Å². The Hall–Kier alpha value is -0.360. The molecule has 112 valence electrons. The summed E-state index contributed by atoms with van der Waals surface area (Å²) in [5.74, 6) is 1.41. The van der Waals surface area contributed by atoms with Gasteiger partial charge in [-0.15, -0.1) is 23.1 Å². The van der Waals surface area contributed by atoms with Gasteiger partial charge in [0.25, 0.3) is 0 Å². The quantitative estimate of drug-likeness (QED) is 0.570. The van der Waals surface area contributed by atoms with Gasteiger partial charge in [0.1, 0.15) is 0 Å². The molecule has 1 aliphatic rings. The number of nitrogens with zero attached hydrogens (tertiary/aromatic N) is 2. The SMILES string of the molecule is CCCSc1ccc(C(=O)CN2CCN(CC)CC2)s1. The van der Waals surface area contributed by atoms with Crippen LogP contribution in [0, 0.1) is 0 Å². The largest absolute Gasteiger partial charge is 0.301 e. The van der Waals surface area contributed by atoms with Gasteiger partial charge in [-0.1, -0.05) is 13.8 Å². The van der Waals surface area contributed by atoms with Crippen LogP contribution >= 0.6 is 23.1 Å². The summed E-state index contributed by atoms with van der Waals surface area (Å²) in [6, 6.07) is 4.08. The minimum Gasteiger partial charge on any atom is -0.301 e.